The highest BCUT2D eigenvalue weighted by molar-refractivity contribution is 7.89. The first-order valence-electron chi connectivity index (χ1n) is 12.1. The zero-order valence-electron chi connectivity index (χ0n) is 20.6. The van der Waals surface area contributed by atoms with E-state index in [2.05, 4.69) is 4.98 Å². The van der Waals surface area contributed by atoms with Crippen molar-refractivity contribution in [1.82, 2.24) is 18.8 Å². The molecule has 0 radical (unpaired) electrons. The van der Waals surface area contributed by atoms with Gasteiger partial charge in [0, 0.05) is 46.6 Å². The second-order valence-electron chi connectivity index (χ2n) is 9.28. The molecule has 2 heterocycles. The maximum Gasteiger partial charge on any atom is 0.242 e. The molecule has 3 aromatic rings. The Balaban J connectivity index is 1.40. The Morgan fingerprint density at radius 1 is 1.14 bits per heavy atom. The lowest BCUT2D eigenvalue weighted by atomic mass is 9.87. The van der Waals surface area contributed by atoms with Gasteiger partial charge in [0.1, 0.15) is 5.82 Å². The van der Waals surface area contributed by atoms with E-state index < -0.39 is 16.1 Å². The standard InChI is InChI=1S/C26H34N4O4S/c1-4-30-23-11-10-21(35(33,34)28(2)3)18-22(23)27-24(30)12-13-25(31)29-16-14-20(15-17-29)26(32)19-8-6-5-7-9-19/h5-11,18,20,26,32H,4,12-17H2,1-3H3. The maximum atomic E-state index is 12.9. The average molecular weight is 499 g/mol. The smallest absolute Gasteiger partial charge is 0.242 e. The summed E-state index contributed by atoms with van der Waals surface area (Å²) in [4.78, 5) is 19.7. The van der Waals surface area contributed by atoms with Crippen molar-refractivity contribution < 1.29 is 18.3 Å². The van der Waals surface area contributed by atoms with E-state index in [0.29, 0.717) is 38.0 Å². The molecule has 0 spiro atoms. The summed E-state index contributed by atoms with van der Waals surface area (Å²) in [5.74, 6) is 1.02. The van der Waals surface area contributed by atoms with Gasteiger partial charge in [-0.15, -0.1) is 0 Å². The number of aromatic nitrogens is 2. The molecule has 1 aliphatic rings. The van der Waals surface area contributed by atoms with Crippen LogP contribution in [0.1, 0.15) is 43.7 Å². The van der Waals surface area contributed by atoms with E-state index in [1.165, 1.54) is 18.4 Å². The first-order valence-corrected chi connectivity index (χ1v) is 13.6. The molecular formula is C26H34N4O4S. The van der Waals surface area contributed by atoms with Crippen LogP contribution >= 0.6 is 0 Å². The highest BCUT2D eigenvalue weighted by atomic mass is 32.2. The van der Waals surface area contributed by atoms with Gasteiger partial charge >= 0.3 is 0 Å². The van der Waals surface area contributed by atoms with Gasteiger partial charge in [0.2, 0.25) is 15.9 Å². The summed E-state index contributed by atoms with van der Waals surface area (Å²) in [5, 5.41) is 10.7. The van der Waals surface area contributed by atoms with Crippen LogP contribution in [0.15, 0.2) is 53.4 Å². The molecule has 188 valence electrons. The Morgan fingerprint density at radius 2 is 1.83 bits per heavy atom. The number of hydrogen-bond donors (Lipinski definition) is 1. The lowest BCUT2D eigenvalue weighted by Crippen LogP contribution is -2.40. The molecule has 1 atom stereocenters. The quantitative estimate of drug-likeness (QED) is 0.515. The molecular weight excluding hydrogens is 464 g/mol. The zero-order chi connectivity index (χ0) is 25.2. The monoisotopic (exact) mass is 498 g/mol. The molecule has 4 rings (SSSR count). The number of fused-ring (bicyclic) bond motifs is 1. The fourth-order valence-corrected chi connectivity index (χ4v) is 5.76. The highest BCUT2D eigenvalue weighted by Gasteiger charge is 2.28. The van der Waals surface area contributed by atoms with E-state index in [1.54, 1.807) is 18.2 Å². The molecule has 0 bridgehead atoms. The van der Waals surface area contributed by atoms with Gasteiger partial charge in [-0.1, -0.05) is 30.3 Å². The highest BCUT2D eigenvalue weighted by Crippen LogP contribution is 2.31. The van der Waals surface area contributed by atoms with Crippen LogP contribution < -0.4 is 0 Å². The van der Waals surface area contributed by atoms with E-state index in [0.717, 1.165) is 29.7 Å². The van der Waals surface area contributed by atoms with Crippen molar-refractivity contribution in [2.24, 2.45) is 5.92 Å². The van der Waals surface area contributed by atoms with Crippen LogP contribution in [0.4, 0.5) is 0 Å². The number of amides is 1. The number of piperidine rings is 1. The van der Waals surface area contributed by atoms with Crippen LogP contribution in [0.25, 0.3) is 11.0 Å². The first-order chi connectivity index (χ1) is 16.7. The summed E-state index contributed by atoms with van der Waals surface area (Å²) in [6.45, 7) is 3.98. The number of aryl methyl sites for hydroxylation is 2. The van der Waals surface area contributed by atoms with Gasteiger partial charge in [0.15, 0.2) is 0 Å². The predicted molar refractivity (Wildman–Crippen MR) is 135 cm³/mol. The van der Waals surface area contributed by atoms with Gasteiger partial charge in [-0.2, -0.15) is 0 Å². The van der Waals surface area contributed by atoms with Crippen molar-refractivity contribution >= 4 is 27.0 Å². The van der Waals surface area contributed by atoms with Gasteiger partial charge < -0.3 is 14.6 Å². The van der Waals surface area contributed by atoms with Crippen LogP contribution in [0, 0.1) is 5.92 Å². The Bertz CT molecular complexity index is 1280. The molecule has 1 aliphatic heterocycles. The average Bonchev–Trinajstić information content (AvgIpc) is 3.24. The van der Waals surface area contributed by atoms with E-state index >= 15 is 0 Å². The van der Waals surface area contributed by atoms with Crippen LogP contribution in [-0.4, -0.2) is 65.4 Å². The second-order valence-corrected chi connectivity index (χ2v) is 11.4. The molecule has 1 aromatic heterocycles. The first kappa shape index (κ1) is 25.3. The molecule has 1 saturated heterocycles. The topological polar surface area (TPSA) is 95.7 Å². The molecule has 2 aromatic carbocycles. The van der Waals surface area contributed by atoms with Crippen LogP contribution in [0.5, 0.6) is 0 Å². The number of rotatable bonds is 8. The van der Waals surface area contributed by atoms with Crippen molar-refractivity contribution in [3.05, 3.63) is 59.9 Å². The van der Waals surface area contributed by atoms with Gasteiger partial charge in [-0.25, -0.2) is 17.7 Å². The number of sulfonamides is 1. The Kier molecular flexibility index (Phi) is 7.59. The van der Waals surface area contributed by atoms with E-state index in [9.17, 15) is 18.3 Å². The number of nitrogens with zero attached hydrogens (tertiary/aromatic N) is 4. The van der Waals surface area contributed by atoms with E-state index in [1.807, 2.05) is 46.7 Å². The molecule has 1 N–H and O–H groups in total. The fourth-order valence-electron chi connectivity index (χ4n) is 4.84. The minimum absolute atomic E-state index is 0.0863. The number of hydrogen-bond acceptors (Lipinski definition) is 5. The van der Waals surface area contributed by atoms with Crippen molar-refractivity contribution in [3.8, 4) is 0 Å². The third-order valence-corrected chi connectivity index (χ3v) is 8.75. The zero-order valence-corrected chi connectivity index (χ0v) is 21.4. The minimum Gasteiger partial charge on any atom is -0.388 e. The number of imidazole rings is 1. The SMILES string of the molecule is CCn1c(CCC(=O)N2CCC(C(O)c3ccccc3)CC2)nc2cc(S(=O)(=O)N(C)C)ccc21. The van der Waals surface area contributed by atoms with Crippen molar-refractivity contribution in [1.29, 1.82) is 0 Å². The number of carbonyl (C=O) groups is 1. The minimum atomic E-state index is -3.54. The molecule has 8 nitrogen and oxygen atoms in total. The fraction of sp³-hybridized carbons (Fsp3) is 0.462. The number of carbonyl (C=O) groups excluding carboxylic acids is 1. The number of benzene rings is 2. The molecule has 35 heavy (non-hydrogen) atoms. The van der Waals surface area contributed by atoms with E-state index in [4.69, 9.17) is 0 Å². The Hall–Kier alpha value is -2.75. The predicted octanol–water partition coefficient (Wildman–Crippen LogP) is 3.21. The van der Waals surface area contributed by atoms with Crippen LogP contribution in [0.2, 0.25) is 0 Å². The summed E-state index contributed by atoms with van der Waals surface area (Å²) in [7, 11) is -0.529. The van der Waals surface area contributed by atoms with Gasteiger partial charge in [-0.3, -0.25) is 4.79 Å². The molecule has 1 amide bonds. The third kappa shape index (κ3) is 5.27. The van der Waals surface area contributed by atoms with Gasteiger partial charge in [-0.05, 0) is 49.4 Å². The van der Waals surface area contributed by atoms with Crippen molar-refractivity contribution in [2.45, 2.75) is 50.2 Å². The van der Waals surface area contributed by atoms with Crippen molar-refractivity contribution in [2.75, 3.05) is 27.2 Å². The lowest BCUT2D eigenvalue weighted by molar-refractivity contribution is -0.133. The Labute approximate surface area is 207 Å². The molecule has 1 unspecified atom stereocenters. The molecule has 9 heteroatoms. The Morgan fingerprint density at radius 3 is 2.46 bits per heavy atom. The van der Waals surface area contributed by atoms with Crippen LogP contribution in [0.3, 0.4) is 0 Å². The van der Waals surface area contributed by atoms with E-state index in [-0.39, 0.29) is 16.7 Å². The second kappa shape index (κ2) is 10.5. The molecule has 0 aliphatic carbocycles. The lowest BCUT2D eigenvalue weighted by Gasteiger charge is -2.34. The van der Waals surface area contributed by atoms with Gasteiger partial charge in [0.05, 0.1) is 22.0 Å². The molecule has 0 saturated carbocycles. The summed E-state index contributed by atoms with van der Waals surface area (Å²) in [6.07, 6.45) is 1.89. The van der Waals surface area contributed by atoms with Crippen LogP contribution in [-0.2, 0) is 27.8 Å². The number of aliphatic hydroxyl groups is 1. The normalized spacial score (nSPS) is 16.2. The molecule has 1 fully saturated rings. The number of likely N-dealkylation sites (tertiary alicyclic amines) is 1. The summed E-state index contributed by atoms with van der Waals surface area (Å²) >= 11 is 0. The van der Waals surface area contributed by atoms with Crippen molar-refractivity contribution in [3.63, 3.8) is 0 Å². The summed E-state index contributed by atoms with van der Waals surface area (Å²) in [5.41, 5.74) is 2.41. The summed E-state index contributed by atoms with van der Waals surface area (Å²) < 4.78 is 28.2. The summed E-state index contributed by atoms with van der Waals surface area (Å²) in [6, 6.07) is 14.7. The maximum absolute atomic E-state index is 12.9. The third-order valence-electron chi connectivity index (χ3n) is 6.94. The largest absolute Gasteiger partial charge is 0.388 e. The van der Waals surface area contributed by atoms with Gasteiger partial charge in [0.25, 0.3) is 0 Å². The number of aliphatic hydroxyl groups excluding tert-OH is 1.